The Morgan fingerprint density at radius 1 is 1.63 bits per heavy atom. The number of hydrogen-bond acceptors (Lipinski definition) is 4. The van der Waals surface area contributed by atoms with Crippen molar-refractivity contribution in [1.29, 1.82) is 0 Å². The summed E-state index contributed by atoms with van der Waals surface area (Å²) in [6, 6.07) is 0. The number of carboxylic acids is 1. The highest BCUT2D eigenvalue weighted by Gasteiger charge is 2.30. The third kappa shape index (κ3) is 3.32. The van der Waals surface area contributed by atoms with Crippen molar-refractivity contribution in [1.82, 2.24) is 9.88 Å². The Balaban J connectivity index is 2.03. The van der Waals surface area contributed by atoms with Crippen LogP contribution in [0.4, 0.5) is 0 Å². The van der Waals surface area contributed by atoms with Crippen LogP contribution in [0.3, 0.4) is 0 Å². The molecule has 0 saturated carbocycles. The summed E-state index contributed by atoms with van der Waals surface area (Å²) in [6.45, 7) is 4.87. The molecule has 1 aromatic heterocycles. The van der Waals surface area contributed by atoms with Crippen molar-refractivity contribution in [3.63, 3.8) is 0 Å². The summed E-state index contributed by atoms with van der Waals surface area (Å²) in [5, 5.41) is 12.0. The van der Waals surface area contributed by atoms with Crippen LogP contribution in [0.15, 0.2) is 5.38 Å². The predicted molar refractivity (Wildman–Crippen MR) is 72.0 cm³/mol. The molecule has 1 amide bonds. The average Bonchev–Trinajstić information content (AvgIpc) is 2.80. The van der Waals surface area contributed by atoms with Crippen LogP contribution in [0, 0.1) is 5.92 Å². The van der Waals surface area contributed by atoms with E-state index < -0.39 is 11.9 Å². The topological polar surface area (TPSA) is 70.5 Å². The third-order valence-electron chi connectivity index (χ3n) is 3.27. The van der Waals surface area contributed by atoms with Gasteiger partial charge in [0.1, 0.15) is 0 Å². The van der Waals surface area contributed by atoms with Gasteiger partial charge in [0.2, 0.25) is 5.91 Å². The van der Waals surface area contributed by atoms with E-state index >= 15 is 0 Å². The fraction of sp³-hybridized carbons (Fsp3) is 0.615. The van der Waals surface area contributed by atoms with E-state index in [1.165, 1.54) is 0 Å². The molecule has 0 aromatic carbocycles. The summed E-state index contributed by atoms with van der Waals surface area (Å²) < 4.78 is 0. The summed E-state index contributed by atoms with van der Waals surface area (Å²) in [5.74, 6) is -0.862. The molecule has 0 aliphatic carbocycles. The molecule has 5 nitrogen and oxygen atoms in total. The summed E-state index contributed by atoms with van der Waals surface area (Å²) in [5.41, 5.74) is 0.855. The maximum atomic E-state index is 11.8. The van der Waals surface area contributed by atoms with Crippen molar-refractivity contribution in [2.75, 3.05) is 6.54 Å². The summed E-state index contributed by atoms with van der Waals surface area (Å²) in [7, 11) is 0. The fourth-order valence-corrected chi connectivity index (χ4v) is 2.95. The van der Waals surface area contributed by atoms with Crippen LogP contribution in [0.25, 0.3) is 0 Å². The van der Waals surface area contributed by atoms with E-state index in [0.717, 1.165) is 10.7 Å². The Hall–Kier alpha value is -1.43. The van der Waals surface area contributed by atoms with Gasteiger partial charge in [-0.2, -0.15) is 0 Å². The molecule has 1 N–H and O–H groups in total. The van der Waals surface area contributed by atoms with Crippen LogP contribution in [-0.4, -0.2) is 33.4 Å². The van der Waals surface area contributed by atoms with E-state index in [4.69, 9.17) is 5.11 Å². The standard InChI is InChI=1S/C13H18N2O3S/c1-8(2)12-14-10(7-19-12)6-15-5-9(13(17)18)3-4-11(15)16/h7-9H,3-6H2,1-2H3,(H,17,18). The quantitative estimate of drug-likeness (QED) is 0.918. The normalized spacial score (nSPS) is 20.1. The van der Waals surface area contributed by atoms with Crippen molar-refractivity contribution in [2.24, 2.45) is 5.92 Å². The largest absolute Gasteiger partial charge is 0.481 e. The molecule has 19 heavy (non-hydrogen) atoms. The molecule has 1 unspecified atom stereocenters. The Bertz CT molecular complexity index is 484. The number of carboxylic acid groups (broad SMARTS) is 1. The van der Waals surface area contributed by atoms with Crippen LogP contribution in [0.2, 0.25) is 0 Å². The first kappa shape index (κ1) is 14.0. The highest BCUT2D eigenvalue weighted by molar-refractivity contribution is 7.09. The van der Waals surface area contributed by atoms with Crippen LogP contribution in [0.5, 0.6) is 0 Å². The van der Waals surface area contributed by atoms with Crippen molar-refractivity contribution >= 4 is 23.2 Å². The molecule has 6 heteroatoms. The Kier molecular flexibility index (Phi) is 4.19. The molecule has 1 saturated heterocycles. The molecule has 2 rings (SSSR count). The van der Waals surface area contributed by atoms with Gasteiger partial charge in [0.15, 0.2) is 0 Å². The zero-order chi connectivity index (χ0) is 14.0. The van der Waals surface area contributed by atoms with Crippen molar-refractivity contribution in [2.45, 2.75) is 39.2 Å². The lowest BCUT2D eigenvalue weighted by atomic mass is 9.98. The summed E-state index contributed by atoms with van der Waals surface area (Å²) in [4.78, 5) is 28.9. The van der Waals surface area contributed by atoms with Gasteiger partial charge in [0.25, 0.3) is 0 Å². The maximum absolute atomic E-state index is 11.8. The average molecular weight is 282 g/mol. The first-order chi connectivity index (χ1) is 8.97. The number of aromatic nitrogens is 1. The first-order valence-corrected chi connectivity index (χ1v) is 7.30. The zero-order valence-corrected chi connectivity index (χ0v) is 11.9. The number of thiazole rings is 1. The minimum Gasteiger partial charge on any atom is -0.481 e. The summed E-state index contributed by atoms with van der Waals surface area (Å²) >= 11 is 1.59. The summed E-state index contributed by atoms with van der Waals surface area (Å²) in [6.07, 6.45) is 0.761. The lowest BCUT2D eigenvalue weighted by molar-refractivity contribution is -0.147. The van der Waals surface area contributed by atoms with E-state index in [1.807, 2.05) is 5.38 Å². The maximum Gasteiger partial charge on any atom is 0.308 e. The smallest absolute Gasteiger partial charge is 0.308 e. The second kappa shape index (κ2) is 5.69. The molecule has 0 bridgehead atoms. The van der Waals surface area contributed by atoms with Gasteiger partial charge in [0.05, 0.1) is 23.2 Å². The molecule has 104 valence electrons. The van der Waals surface area contributed by atoms with Gasteiger partial charge in [-0.1, -0.05) is 13.8 Å². The second-order valence-electron chi connectivity index (χ2n) is 5.18. The number of rotatable bonds is 4. The Morgan fingerprint density at radius 3 is 2.95 bits per heavy atom. The molecule has 1 aliphatic heterocycles. The van der Waals surface area contributed by atoms with E-state index in [9.17, 15) is 9.59 Å². The van der Waals surface area contributed by atoms with Gasteiger partial charge < -0.3 is 10.0 Å². The fourth-order valence-electron chi connectivity index (χ4n) is 2.13. The van der Waals surface area contributed by atoms with Gasteiger partial charge in [-0.25, -0.2) is 4.98 Å². The Morgan fingerprint density at radius 2 is 2.37 bits per heavy atom. The monoisotopic (exact) mass is 282 g/mol. The molecular weight excluding hydrogens is 264 g/mol. The molecule has 0 radical (unpaired) electrons. The van der Waals surface area contributed by atoms with Gasteiger partial charge in [-0.05, 0) is 6.42 Å². The number of nitrogens with zero attached hydrogens (tertiary/aromatic N) is 2. The molecule has 1 aromatic rings. The van der Waals surface area contributed by atoms with E-state index in [1.54, 1.807) is 16.2 Å². The van der Waals surface area contributed by atoms with Gasteiger partial charge >= 0.3 is 5.97 Å². The van der Waals surface area contributed by atoms with Crippen molar-refractivity contribution in [3.05, 3.63) is 16.1 Å². The number of aliphatic carboxylic acids is 1. The highest BCUT2D eigenvalue weighted by Crippen LogP contribution is 2.23. The number of hydrogen-bond donors (Lipinski definition) is 1. The number of piperidine rings is 1. The number of carbonyl (C=O) groups excluding carboxylic acids is 1. The van der Waals surface area contributed by atoms with Gasteiger partial charge in [-0.3, -0.25) is 9.59 Å². The molecule has 0 spiro atoms. The molecule has 2 heterocycles. The van der Waals surface area contributed by atoms with Gasteiger partial charge in [-0.15, -0.1) is 11.3 Å². The SMILES string of the molecule is CC(C)c1nc(CN2CC(C(=O)O)CCC2=O)cs1. The first-order valence-electron chi connectivity index (χ1n) is 6.42. The number of likely N-dealkylation sites (tertiary alicyclic amines) is 1. The van der Waals surface area contributed by atoms with Crippen molar-refractivity contribution in [3.8, 4) is 0 Å². The molecular formula is C13H18N2O3S. The third-order valence-corrected chi connectivity index (χ3v) is 4.46. The van der Waals surface area contributed by atoms with Crippen LogP contribution < -0.4 is 0 Å². The predicted octanol–water partition coefficient (Wildman–Crippen LogP) is 2.09. The van der Waals surface area contributed by atoms with E-state index in [0.29, 0.717) is 31.8 Å². The molecule has 1 aliphatic rings. The van der Waals surface area contributed by atoms with Crippen LogP contribution in [-0.2, 0) is 16.1 Å². The lowest BCUT2D eigenvalue weighted by Crippen LogP contribution is -2.42. The Labute approximate surface area is 116 Å². The molecule has 1 fully saturated rings. The number of amides is 1. The highest BCUT2D eigenvalue weighted by atomic mass is 32.1. The second-order valence-corrected chi connectivity index (χ2v) is 6.07. The zero-order valence-electron chi connectivity index (χ0n) is 11.1. The van der Waals surface area contributed by atoms with E-state index in [2.05, 4.69) is 18.8 Å². The van der Waals surface area contributed by atoms with Crippen LogP contribution in [0.1, 0.15) is 43.3 Å². The van der Waals surface area contributed by atoms with Crippen molar-refractivity contribution < 1.29 is 14.7 Å². The van der Waals surface area contributed by atoms with Gasteiger partial charge in [0, 0.05) is 24.3 Å². The number of carbonyl (C=O) groups is 2. The minimum atomic E-state index is -0.821. The lowest BCUT2D eigenvalue weighted by Gasteiger charge is -2.30. The van der Waals surface area contributed by atoms with E-state index in [-0.39, 0.29) is 5.91 Å². The molecule has 1 atom stereocenters. The minimum absolute atomic E-state index is 0.0246. The van der Waals surface area contributed by atoms with Crippen LogP contribution >= 0.6 is 11.3 Å².